The van der Waals surface area contributed by atoms with Crippen LogP contribution in [-0.4, -0.2) is 17.4 Å². The molecule has 94 valence electrons. The third-order valence-corrected chi connectivity index (χ3v) is 4.33. The second-order valence-corrected chi connectivity index (χ2v) is 5.32. The van der Waals surface area contributed by atoms with Crippen molar-refractivity contribution in [1.82, 2.24) is 4.90 Å². The van der Waals surface area contributed by atoms with Crippen LogP contribution in [0.3, 0.4) is 0 Å². The van der Waals surface area contributed by atoms with Crippen LogP contribution in [0.5, 0.6) is 0 Å². The van der Waals surface area contributed by atoms with Gasteiger partial charge in [0.2, 0.25) is 0 Å². The number of fused-ring (bicyclic) bond motifs is 4. The number of hydrogen-bond donors (Lipinski definition) is 0. The first-order valence-corrected chi connectivity index (χ1v) is 6.81. The Morgan fingerprint density at radius 3 is 2.58 bits per heavy atom. The average Bonchev–Trinajstić information content (AvgIpc) is 2.47. The van der Waals surface area contributed by atoms with Crippen LogP contribution in [0, 0.1) is 0 Å². The minimum atomic E-state index is 0.196. The SMILES string of the molecule is O=C1c2ccccc2C[C@@H]2c3ccccc3CCN12. The minimum Gasteiger partial charge on any atom is -0.331 e. The van der Waals surface area contributed by atoms with Crippen molar-refractivity contribution < 1.29 is 4.79 Å². The van der Waals surface area contributed by atoms with E-state index in [2.05, 4.69) is 30.3 Å². The van der Waals surface area contributed by atoms with Gasteiger partial charge in [-0.25, -0.2) is 0 Å². The molecule has 2 aliphatic heterocycles. The van der Waals surface area contributed by atoms with E-state index in [1.54, 1.807) is 0 Å². The molecule has 2 aliphatic rings. The van der Waals surface area contributed by atoms with Crippen LogP contribution in [0.25, 0.3) is 0 Å². The second kappa shape index (κ2) is 3.95. The molecule has 1 atom stereocenters. The Balaban J connectivity index is 1.85. The van der Waals surface area contributed by atoms with Crippen molar-refractivity contribution in [2.45, 2.75) is 18.9 Å². The van der Waals surface area contributed by atoms with Crippen LogP contribution >= 0.6 is 0 Å². The fourth-order valence-corrected chi connectivity index (χ4v) is 3.38. The van der Waals surface area contributed by atoms with Gasteiger partial charge in [-0.15, -0.1) is 0 Å². The summed E-state index contributed by atoms with van der Waals surface area (Å²) in [5.74, 6) is 0.196. The zero-order chi connectivity index (χ0) is 12.8. The van der Waals surface area contributed by atoms with Gasteiger partial charge in [0.1, 0.15) is 0 Å². The van der Waals surface area contributed by atoms with Crippen LogP contribution in [0.15, 0.2) is 48.5 Å². The van der Waals surface area contributed by atoms with E-state index in [0.29, 0.717) is 0 Å². The zero-order valence-corrected chi connectivity index (χ0v) is 10.7. The monoisotopic (exact) mass is 249 g/mol. The largest absolute Gasteiger partial charge is 0.331 e. The molecule has 2 aromatic rings. The van der Waals surface area contributed by atoms with E-state index in [0.717, 1.165) is 24.9 Å². The molecule has 2 aromatic carbocycles. The van der Waals surface area contributed by atoms with Crippen molar-refractivity contribution in [3.8, 4) is 0 Å². The zero-order valence-electron chi connectivity index (χ0n) is 10.7. The summed E-state index contributed by atoms with van der Waals surface area (Å²) in [5, 5.41) is 0. The lowest BCUT2D eigenvalue weighted by Crippen LogP contribution is -2.44. The number of amides is 1. The third-order valence-electron chi connectivity index (χ3n) is 4.33. The van der Waals surface area contributed by atoms with E-state index in [4.69, 9.17) is 0 Å². The lowest BCUT2D eigenvalue weighted by Gasteiger charge is -2.41. The molecule has 0 saturated heterocycles. The maximum absolute atomic E-state index is 12.6. The second-order valence-electron chi connectivity index (χ2n) is 5.32. The van der Waals surface area contributed by atoms with Crippen LogP contribution < -0.4 is 0 Å². The first-order valence-electron chi connectivity index (χ1n) is 6.81. The van der Waals surface area contributed by atoms with Crippen molar-refractivity contribution in [1.29, 1.82) is 0 Å². The Hall–Kier alpha value is -2.09. The Labute approximate surface area is 112 Å². The topological polar surface area (TPSA) is 20.3 Å². The van der Waals surface area contributed by atoms with Gasteiger partial charge in [0.05, 0.1) is 6.04 Å². The highest BCUT2D eigenvalue weighted by molar-refractivity contribution is 5.97. The van der Waals surface area contributed by atoms with E-state index in [-0.39, 0.29) is 11.9 Å². The molecule has 0 fully saturated rings. The highest BCUT2D eigenvalue weighted by Gasteiger charge is 2.36. The Morgan fingerprint density at radius 1 is 0.947 bits per heavy atom. The van der Waals surface area contributed by atoms with E-state index in [9.17, 15) is 4.79 Å². The Bertz CT molecular complexity index is 662. The predicted octanol–water partition coefficient (Wildman–Crippen LogP) is 2.98. The number of nitrogens with zero attached hydrogens (tertiary/aromatic N) is 1. The molecule has 0 N–H and O–H groups in total. The smallest absolute Gasteiger partial charge is 0.254 e. The van der Waals surface area contributed by atoms with E-state index >= 15 is 0 Å². The number of carbonyl (C=O) groups excluding carboxylic acids is 1. The van der Waals surface area contributed by atoms with Gasteiger partial charge in [-0.3, -0.25) is 4.79 Å². The molecule has 0 unspecified atom stereocenters. The van der Waals surface area contributed by atoms with Gasteiger partial charge in [0, 0.05) is 12.1 Å². The fourth-order valence-electron chi connectivity index (χ4n) is 3.38. The number of rotatable bonds is 0. The Morgan fingerprint density at radius 2 is 1.68 bits per heavy atom. The summed E-state index contributed by atoms with van der Waals surface area (Å²) >= 11 is 0. The van der Waals surface area contributed by atoms with Gasteiger partial charge in [-0.05, 0) is 35.6 Å². The molecule has 2 nitrogen and oxygen atoms in total. The van der Waals surface area contributed by atoms with Crippen molar-refractivity contribution in [2.75, 3.05) is 6.54 Å². The highest BCUT2D eigenvalue weighted by Crippen LogP contribution is 2.37. The van der Waals surface area contributed by atoms with Crippen molar-refractivity contribution >= 4 is 5.91 Å². The number of carbonyl (C=O) groups is 1. The quantitative estimate of drug-likeness (QED) is 0.703. The molecule has 0 bridgehead atoms. The summed E-state index contributed by atoms with van der Waals surface area (Å²) in [6, 6.07) is 16.8. The standard InChI is InChI=1S/C17H15NO/c19-17-15-8-4-2-6-13(15)11-16-14-7-3-1-5-12(14)9-10-18(16)17/h1-8,16H,9-11H2/t16-/m1/s1. The van der Waals surface area contributed by atoms with Gasteiger partial charge < -0.3 is 4.90 Å². The molecule has 0 radical (unpaired) electrons. The number of benzene rings is 2. The summed E-state index contributed by atoms with van der Waals surface area (Å²) in [6.45, 7) is 0.842. The van der Waals surface area contributed by atoms with Gasteiger partial charge in [0.15, 0.2) is 0 Å². The maximum atomic E-state index is 12.6. The number of hydrogen-bond acceptors (Lipinski definition) is 1. The average molecular weight is 249 g/mol. The van der Waals surface area contributed by atoms with Gasteiger partial charge >= 0.3 is 0 Å². The molecule has 0 aromatic heterocycles. The highest BCUT2D eigenvalue weighted by atomic mass is 16.2. The summed E-state index contributed by atoms with van der Waals surface area (Å²) in [4.78, 5) is 14.6. The lowest BCUT2D eigenvalue weighted by molar-refractivity contribution is 0.0632. The van der Waals surface area contributed by atoms with Gasteiger partial charge in [0.25, 0.3) is 5.91 Å². The van der Waals surface area contributed by atoms with Crippen molar-refractivity contribution in [3.63, 3.8) is 0 Å². The molecule has 2 heteroatoms. The molecular weight excluding hydrogens is 234 g/mol. The van der Waals surface area contributed by atoms with Crippen LogP contribution in [0.4, 0.5) is 0 Å². The summed E-state index contributed by atoms with van der Waals surface area (Å²) < 4.78 is 0. The Kier molecular flexibility index (Phi) is 2.25. The normalized spacial score (nSPS) is 20.5. The van der Waals surface area contributed by atoms with E-state index in [1.807, 2.05) is 23.1 Å². The minimum absolute atomic E-state index is 0.196. The molecule has 0 saturated carbocycles. The van der Waals surface area contributed by atoms with Crippen LogP contribution in [0.1, 0.15) is 33.1 Å². The third kappa shape index (κ3) is 1.53. The summed E-state index contributed by atoms with van der Waals surface area (Å²) in [5.41, 5.74) is 4.80. The maximum Gasteiger partial charge on any atom is 0.254 e. The van der Waals surface area contributed by atoms with E-state index in [1.165, 1.54) is 16.7 Å². The lowest BCUT2D eigenvalue weighted by atomic mass is 9.84. The van der Waals surface area contributed by atoms with Gasteiger partial charge in [-0.1, -0.05) is 42.5 Å². The molecule has 1 amide bonds. The predicted molar refractivity (Wildman–Crippen MR) is 74.1 cm³/mol. The first-order chi connectivity index (χ1) is 9.34. The summed E-state index contributed by atoms with van der Waals surface area (Å²) in [6.07, 6.45) is 1.92. The molecule has 2 heterocycles. The van der Waals surface area contributed by atoms with Crippen LogP contribution in [-0.2, 0) is 12.8 Å². The van der Waals surface area contributed by atoms with E-state index < -0.39 is 0 Å². The fraction of sp³-hybridized carbons (Fsp3) is 0.235. The van der Waals surface area contributed by atoms with Crippen molar-refractivity contribution in [2.24, 2.45) is 0 Å². The van der Waals surface area contributed by atoms with Crippen LogP contribution in [0.2, 0.25) is 0 Å². The molecule has 4 rings (SSSR count). The molecular formula is C17H15NO. The van der Waals surface area contributed by atoms with Crippen molar-refractivity contribution in [3.05, 3.63) is 70.8 Å². The molecule has 0 spiro atoms. The molecule has 19 heavy (non-hydrogen) atoms. The molecule has 0 aliphatic carbocycles. The first kappa shape index (κ1) is 10.8. The van der Waals surface area contributed by atoms with Gasteiger partial charge in [-0.2, -0.15) is 0 Å². The summed E-state index contributed by atoms with van der Waals surface area (Å²) in [7, 11) is 0.